The summed E-state index contributed by atoms with van der Waals surface area (Å²) in [4.78, 5) is 24.5. The van der Waals surface area contributed by atoms with Crippen LogP contribution >= 0.6 is 0 Å². The lowest BCUT2D eigenvalue weighted by molar-refractivity contribution is -0.145. The van der Waals surface area contributed by atoms with E-state index in [-0.39, 0.29) is 12.2 Å². The maximum atomic E-state index is 11.4. The normalized spacial score (nSPS) is 10.4. The molecule has 0 unspecified atom stereocenters. The average Bonchev–Trinajstić information content (AvgIpc) is 2.17. The summed E-state index contributed by atoms with van der Waals surface area (Å²) in [5.74, 6) is -0.487. The van der Waals surface area contributed by atoms with Gasteiger partial charge >= 0.3 is 5.97 Å². The second-order valence-corrected chi connectivity index (χ2v) is 3.39. The Morgan fingerprint density at radius 3 is 2.33 bits per heavy atom. The minimum Gasteiger partial charge on any atom is -0.466 e. The molecule has 0 aliphatic rings. The van der Waals surface area contributed by atoms with Crippen molar-refractivity contribution in [2.24, 2.45) is 0 Å². The molecule has 4 heteroatoms. The Hall–Kier alpha value is -0.900. The highest BCUT2D eigenvalue weighted by molar-refractivity contribution is 5.96. The maximum Gasteiger partial charge on any atom is 0.313 e. The molecule has 88 valence electrons. The lowest BCUT2D eigenvalue weighted by atomic mass is 10.2. The first-order valence-corrected chi connectivity index (χ1v) is 5.53. The van der Waals surface area contributed by atoms with E-state index in [1.807, 2.05) is 11.8 Å². The summed E-state index contributed by atoms with van der Waals surface area (Å²) in [6.07, 6.45) is 0.911. The third kappa shape index (κ3) is 7.08. The zero-order chi connectivity index (χ0) is 11.7. The van der Waals surface area contributed by atoms with Crippen molar-refractivity contribution < 1.29 is 14.3 Å². The van der Waals surface area contributed by atoms with Gasteiger partial charge in [0.2, 0.25) is 0 Å². The molecule has 0 fully saturated rings. The van der Waals surface area contributed by atoms with Crippen LogP contribution in [0.5, 0.6) is 0 Å². The molecule has 0 amide bonds. The van der Waals surface area contributed by atoms with Crippen molar-refractivity contribution in [3.8, 4) is 0 Å². The number of hydrogen-bond acceptors (Lipinski definition) is 4. The molecule has 0 atom stereocenters. The van der Waals surface area contributed by atoms with Crippen molar-refractivity contribution in [1.82, 2.24) is 4.90 Å². The molecule has 0 N–H and O–H groups in total. The molecule has 0 saturated heterocycles. The lowest BCUT2D eigenvalue weighted by Crippen LogP contribution is -2.31. The SMILES string of the molecule is CCCN(CC)CC(=O)CC(=O)OCC. The number of nitrogens with zero attached hydrogens (tertiary/aromatic N) is 1. The van der Waals surface area contributed by atoms with Crippen LogP contribution in [0.1, 0.15) is 33.6 Å². The number of hydrogen-bond donors (Lipinski definition) is 0. The van der Waals surface area contributed by atoms with E-state index in [4.69, 9.17) is 4.74 Å². The fraction of sp³-hybridized carbons (Fsp3) is 0.818. The van der Waals surface area contributed by atoms with Gasteiger partial charge in [0.15, 0.2) is 5.78 Å². The van der Waals surface area contributed by atoms with Crippen LogP contribution in [0.3, 0.4) is 0 Å². The summed E-state index contributed by atoms with van der Waals surface area (Å²) in [6, 6.07) is 0. The summed E-state index contributed by atoms with van der Waals surface area (Å²) < 4.78 is 4.71. The highest BCUT2D eigenvalue weighted by atomic mass is 16.5. The summed E-state index contributed by atoms with van der Waals surface area (Å²) in [6.45, 7) is 8.22. The van der Waals surface area contributed by atoms with E-state index >= 15 is 0 Å². The van der Waals surface area contributed by atoms with Gasteiger partial charge in [-0.05, 0) is 26.4 Å². The summed E-state index contributed by atoms with van der Waals surface area (Å²) in [5.41, 5.74) is 0. The first-order chi connectivity index (χ1) is 7.13. The Morgan fingerprint density at radius 1 is 1.20 bits per heavy atom. The van der Waals surface area contributed by atoms with Crippen LogP contribution < -0.4 is 0 Å². The number of likely N-dealkylation sites (N-methyl/N-ethyl adjacent to an activating group) is 1. The maximum absolute atomic E-state index is 11.4. The van der Waals surface area contributed by atoms with Gasteiger partial charge in [-0.15, -0.1) is 0 Å². The van der Waals surface area contributed by atoms with Gasteiger partial charge in [-0.2, -0.15) is 0 Å². The van der Waals surface area contributed by atoms with Crippen LogP contribution in [0, 0.1) is 0 Å². The molecule has 0 heterocycles. The summed E-state index contributed by atoms with van der Waals surface area (Å²) in [5, 5.41) is 0. The van der Waals surface area contributed by atoms with E-state index in [0.29, 0.717) is 13.2 Å². The fourth-order valence-electron chi connectivity index (χ4n) is 1.34. The fourth-order valence-corrected chi connectivity index (χ4v) is 1.34. The van der Waals surface area contributed by atoms with E-state index in [0.717, 1.165) is 19.5 Å². The van der Waals surface area contributed by atoms with E-state index in [1.165, 1.54) is 0 Å². The molecule has 0 rings (SSSR count). The van der Waals surface area contributed by atoms with E-state index in [1.54, 1.807) is 6.92 Å². The number of carbonyl (C=O) groups is 2. The zero-order valence-corrected chi connectivity index (χ0v) is 9.91. The predicted octanol–water partition coefficient (Wildman–Crippen LogP) is 1.24. The Morgan fingerprint density at radius 2 is 1.87 bits per heavy atom. The third-order valence-corrected chi connectivity index (χ3v) is 2.03. The quantitative estimate of drug-likeness (QED) is 0.451. The first kappa shape index (κ1) is 14.1. The van der Waals surface area contributed by atoms with E-state index in [9.17, 15) is 9.59 Å². The molecule has 15 heavy (non-hydrogen) atoms. The summed E-state index contributed by atoms with van der Waals surface area (Å²) >= 11 is 0. The van der Waals surface area contributed by atoms with Gasteiger partial charge in [0.1, 0.15) is 6.42 Å². The first-order valence-electron chi connectivity index (χ1n) is 5.53. The van der Waals surface area contributed by atoms with Crippen LogP contribution in [0.4, 0.5) is 0 Å². The molecule has 0 aromatic heterocycles. The van der Waals surface area contributed by atoms with Gasteiger partial charge in [0.05, 0.1) is 13.2 Å². The van der Waals surface area contributed by atoms with Gasteiger partial charge in [0, 0.05) is 0 Å². The smallest absolute Gasteiger partial charge is 0.313 e. The highest BCUT2D eigenvalue weighted by Gasteiger charge is 2.13. The molecule has 0 radical (unpaired) electrons. The molecular weight excluding hydrogens is 194 g/mol. The van der Waals surface area contributed by atoms with Crippen molar-refractivity contribution in [3.63, 3.8) is 0 Å². The van der Waals surface area contributed by atoms with Crippen LogP contribution in [-0.2, 0) is 14.3 Å². The minimum absolute atomic E-state index is 0.0660. The molecular formula is C11H21NO3. The topological polar surface area (TPSA) is 46.6 Å². The number of Topliss-reactive ketones (excluding diaryl/α,β-unsaturated/α-hetero) is 1. The highest BCUT2D eigenvalue weighted by Crippen LogP contribution is 1.95. The van der Waals surface area contributed by atoms with Crippen molar-refractivity contribution in [3.05, 3.63) is 0 Å². The Labute approximate surface area is 91.6 Å². The molecule has 0 aromatic carbocycles. The van der Waals surface area contributed by atoms with Crippen molar-refractivity contribution in [2.45, 2.75) is 33.6 Å². The van der Waals surface area contributed by atoms with Gasteiger partial charge in [-0.25, -0.2) is 0 Å². The van der Waals surface area contributed by atoms with Crippen LogP contribution in [-0.4, -0.2) is 42.9 Å². The minimum atomic E-state index is -0.421. The molecule has 0 bridgehead atoms. The number of ketones is 1. The predicted molar refractivity (Wildman–Crippen MR) is 58.7 cm³/mol. The van der Waals surface area contributed by atoms with Gasteiger partial charge in [0.25, 0.3) is 0 Å². The molecule has 4 nitrogen and oxygen atoms in total. The lowest BCUT2D eigenvalue weighted by Gasteiger charge is -2.17. The molecule has 0 aromatic rings. The standard InChI is InChI=1S/C11H21NO3/c1-4-7-12(5-2)9-10(13)8-11(14)15-6-3/h4-9H2,1-3H3. The third-order valence-electron chi connectivity index (χ3n) is 2.03. The van der Waals surface area contributed by atoms with Crippen LogP contribution in [0.25, 0.3) is 0 Å². The second kappa shape index (κ2) is 8.41. The summed E-state index contributed by atoms with van der Waals surface area (Å²) in [7, 11) is 0. The van der Waals surface area contributed by atoms with Gasteiger partial charge in [-0.1, -0.05) is 13.8 Å². The van der Waals surface area contributed by atoms with Gasteiger partial charge in [-0.3, -0.25) is 14.5 Å². The van der Waals surface area contributed by atoms with E-state index < -0.39 is 5.97 Å². The number of carbonyl (C=O) groups excluding carboxylic acids is 2. The monoisotopic (exact) mass is 215 g/mol. The van der Waals surface area contributed by atoms with Crippen LogP contribution in [0.2, 0.25) is 0 Å². The molecule has 0 aliphatic heterocycles. The van der Waals surface area contributed by atoms with Crippen molar-refractivity contribution in [2.75, 3.05) is 26.2 Å². The second-order valence-electron chi connectivity index (χ2n) is 3.39. The van der Waals surface area contributed by atoms with E-state index in [2.05, 4.69) is 6.92 Å². The Balaban J connectivity index is 3.84. The number of rotatable bonds is 8. The molecule has 0 spiro atoms. The van der Waals surface area contributed by atoms with Crippen molar-refractivity contribution in [1.29, 1.82) is 0 Å². The Bertz CT molecular complexity index is 204. The van der Waals surface area contributed by atoms with Crippen LogP contribution in [0.15, 0.2) is 0 Å². The zero-order valence-electron chi connectivity index (χ0n) is 9.91. The molecule has 0 saturated carbocycles. The number of esters is 1. The molecule has 0 aliphatic carbocycles. The van der Waals surface area contributed by atoms with Crippen molar-refractivity contribution >= 4 is 11.8 Å². The van der Waals surface area contributed by atoms with Gasteiger partial charge < -0.3 is 4.74 Å². The Kier molecular flexibility index (Phi) is 7.91. The number of ether oxygens (including phenoxy) is 1. The largest absolute Gasteiger partial charge is 0.466 e. The average molecular weight is 215 g/mol.